The highest BCUT2D eigenvalue weighted by atomic mass is 16.5. The molecule has 6 nitrogen and oxygen atoms in total. The second kappa shape index (κ2) is 7.92. The molecule has 0 unspecified atom stereocenters. The highest BCUT2D eigenvalue weighted by Crippen LogP contribution is 2.15. The number of nitrogens with one attached hydrogen (secondary N) is 1. The molecule has 0 fully saturated rings. The lowest BCUT2D eigenvalue weighted by atomic mass is 10.1. The summed E-state index contributed by atoms with van der Waals surface area (Å²) in [5.74, 6) is -0.873. The van der Waals surface area contributed by atoms with E-state index in [2.05, 4.69) is 10.5 Å². The number of carboxylic acid groups (broad SMARTS) is 1. The van der Waals surface area contributed by atoms with Crippen LogP contribution in [0.2, 0.25) is 0 Å². The van der Waals surface area contributed by atoms with Crippen molar-refractivity contribution in [2.45, 2.75) is 13.8 Å². The van der Waals surface area contributed by atoms with Crippen LogP contribution in [0.5, 0.6) is 5.75 Å². The molecule has 0 aliphatic heterocycles. The van der Waals surface area contributed by atoms with Crippen LogP contribution in [0.4, 0.5) is 0 Å². The zero-order chi connectivity index (χ0) is 17.5. The van der Waals surface area contributed by atoms with Crippen LogP contribution in [0.3, 0.4) is 0 Å². The fraction of sp³-hybridized carbons (Fsp3) is 0.167. The van der Waals surface area contributed by atoms with Crippen LogP contribution in [-0.2, 0) is 4.79 Å². The molecule has 0 saturated carbocycles. The van der Waals surface area contributed by atoms with Crippen molar-refractivity contribution in [3.8, 4) is 5.75 Å². The van der Waals surface area contributed by atoms with Gasteiger partial charge in [-0.3, -0.25) is 4.79 Å². The Balaban J connectivity index is 1.90. The molecule has 2 N–H and O–H groups in total. The fourth-order valence-electron chi connectivity index (χ4n) is 2.18. The molecule has 0 atom stereocenters. The number of nitrogens with zero attached hydrogens (tertiary/aromatic N) is 1. The number of rotatable bonds is 6. The highest BCUT2D eigenvalue weighted by molar-refractivity contribution is 5.98. The van der Waals surface area contributed by atoms with Crippen molar-refractivity contribution >= 4 is 18.1 Å². The molecule has 0 bridgehead atoms. The normalized spacial score (nSPS) is 10.6. The Hall–Kier alpha value is -3.15. The number of hydrogen-bond acceptors (Lipinski definition) is 4. The highest BCUT2D eigenvalue weighted by Gasteiger charge is 2.07. The Morgan fingerprint density at radius 1 is 1.17 bits per heavy atom. The zero-order valence-corrected chi connectivity index (χ0v) is 13.4. The average molecular weight is 326 g/mol. The van der Waals surface area contributed by atoms with Gasteiger partial charge in [0.15, 0.2) is 6.61 Å². The van der Waals surface area contributed by atoms with Crippen LogP contribution in [0, 0.1) is 13.8 Å². The summed E-state index contributed by atoms with van der Waals surface area (Å²) in [5, 5.41) is 12.8. The third kappa shape index (κ3) is 4.95. The number of carboxylic acids is 1. The number of ether oxygens (including phenoxy) is 1. The first-order valence-corrected chi connectivity index (χ1v) is 7.31. The van der Waals surface area contributed by atoms with Gasteiger partial charge in [-0.2, -0.15) is 5.10 Å². The molecule has 6 heteroatoms. The molecule has 2 aromatic carbocycles. The third-order valence-electron chi connectivity index (χ3n) is 3.15. The molecule has 0 aliphatic carbocycles. The van der Waals surface area contributed by atoms with E-state index in [1.807, 2.05) is 32.0 Å². The lowest BCUT2D eigenvalue weighted by molar-refractivity contribution is -0.123. The van der Waals surface area contributed by atoms with Crippen LogP contribution in [0.25, 0.3) is 0 Å². The van der Waals surface area contributed by atoms with Gasteiger partial charge in [0.05, 0.1) is 11.8 Å². The van der Waals surface area contributed by atoms with Crippen LogP contribution in [0.1, 0.15) is 27.0 Å². The number of hydrazone groups is 1. The van der Waals surface area contributed by atoms with Gasteiger partial charge < -0.3 is 9.84 Å². The first-order chi connectivity index (χ1) is 11.5. The molecule has 2 aromatic rings. The monoisotopic (exact) mass is 326 g/mol. The predicted octanol–water partition coefficient (Wildman–Crippen LogP) is 2.53. The maximum absolute atomic E-state index is 11.7. The van der Waals surface area contributed by atoms with E-state index >= 15 is 0 Å². The Kier molecular flexibility index (Phi) is 5.68. The molecule has 124 valence electrons. The van der Waals surface area contributed by atoms with E-state index in [1.54, 1.807) is 18.2 Å². The number of amides is 1. The van der Waals surface area contributed by atoms with Crippen molar-refractivity contribution in [2.24, 2.45) is 5.10 Å². The van der Waals surface area contributed by atoms with Crippen molar-refractivity contribution in [2.75, 3.05) is 6.61 Å². The second-order valence-electron chi connectivity index (χ2n) is 5.30. The molecule has 0 heterocycles. The van der Waals surface area contributed by atoms with E-state index in [4.69, 9.17) is 9.84 Å². The average Bonchev–Trinajstić information content (AvgIpc) is 2.52. The van der Waals surface area contributed by atoms with E-state index in [1.165, 1.54) is 12.3 Å². The van der Waals surface area contributed by atoms with E-state index < -0.39 is 11.9 Å². The minimum atomic E-state index is -1.05. The van der Waals surface area contributed by atoms with Gasteiger partial charge in [-0.25, -0.2) is 10.2 Å². The number of carbonyl (C=O) groups excluding carboxylic acids is 1. The van der Waals surface area contributed by atoms with Gasteiger partial charge in [-0.1, -0.05) is 24.3 Å². The van der Waals surface area contributed by atoms with Gasteiger partial charge in [0.2, 0.25) is 0 Å². The van der Waals surface area contributed by atoms with Gasteiger partial charge in [-0.05, 0) is 43.2 Å². The first-order valence-electron chi connectivity index (χ1n) is 7.31. The molecule has 2 rings (SSSR count). The van der Waals surface area contributed by atoms with E-state index in [9.17, 15) is 9.59 Å². The van der Waals surface area contributed by atoms with Crippen LogP contribution >= 0.6 is 0 Å². The fourth-order valence-corrected chi connectivity index (χ4v) is 2.18. The number of aryl methyl sites for hydroxylation is 2. The molecule has 0 saturated heterocycles. The smallest absolute Gasteiger partial charge is 0.336 e. The van der Waals surface area contributed by atoms with Crippen LogP contribution in [-0.4, -0.2) is 29.8 Å². The number of aromatic carboxylic acids is 1. The summed E-state index contributed by atoms with van der Waals surface area (Å²) in [5.41, 5.74) is 4.93. The molecule has 0 spiro atoms. The zero-order valence-electron chi connectivity index (χ0n) is 13.4. The summed E-state index contributed by atoms with van der Waals surface area (Å²) in [4.78, 5) is 22.8. The molecule has 1 amide bonds. The van der Waals surface area contributed by atoms with Gasteiger partial charge in [0, 0.05) is 5.56 Å². The van der Waals surface area contributed by atoms with Crippen molar-refractivity contribution < 1.29 is 19.4 Å². The van der Waals surface area contributed by atoms with Gasteiger partial charge in [-0.15, -0.1) is 0 Å². The molecular formula is C18H18N2O4. The molecule has 0 aromatic heterocycles. The Labute approximate surface area is 139 Å². The SMILES string of the molecule is Cc1cc(C)cc(OCC(=O)NN=Cc2ccccc2C(=O)O)c1. The summed E-state index contributed by atoms with van der Waals surface area (Å²) in [7, 11) is 0. The van der Waals surface area contributed by atoms with Gasteiger partial charge in [0.25, 0.3) is 5.91 Å². The molecule has 24 heavy (non-hydrogen) atoms. The second-order valence-corrected chi connectivity index (χ2v) is 5.30. The maximum atomic E-state index is 11.7. The topological polar surface area (TPSA) is 88.0 Å². The lowest BCUT2D eigenvalue weighted by Gasteiger charge is -2.07. The predicted molar refractivity (Wildman–Crippen MR) is 90.5 cm³/mol. The summed E-state index contributed by atoms with van der Waals surface area (Å²) in [6, 6.07) is 12.1. The van der Waals surface area contributed by atoms with Gasteiger partial charge in [0.1, 0.15) is 5.75 Å². The minimum Gasteiger partial charge on any atom is -0.484 e. The molecule has 0 aliphatic rings. The van der Waals surface area contributed by atoms with E-state index in [0.29, 0.717) is 11.3 Å². The van der Waals surface area contributed by atoms with E-state index in [0.717, 1.165) is 11.1 Å². The van der Waals surface area contributed by atoms with Crippen molar-refractivity contribution in [3.63, 3.8) is 0 Å². The number of benzene rings is 2. The number of hydrogen-bond donors (Lipinski definition) is 2. The Morgan fingerprint density at radius 3 is 2.50 bits per heavy atom. The van der Waals surface area contributed by atoms with Crippen LogP contribution < -0.4 is 10.2 Å². The van der Waals surface area contributed by atoms with Gasteiger partial charge >= 0.3 is 5.97 Å². The van der Waals surface area contributed by atoms with E-state index in [-0.39, 0.29) is 12.2 Å². The maximum Gasteiger partial charge on any atom is 0.336 e. The molecule has 0 radical (unpaired) electrons. The van der Waals surface area contributed by atoms with Crippen LogP contribution in [0.15, 0.2) is 47.6 Å². The summed E-state index contributed by atoms with van der Waals surface area (Å²) in [6.07, 6.45) is 1.29. The Morgan fingerprint density at radius 2 is 1.83 bits per heavy atom. The third-order valence-corrected chi connectivity index (χ3v) is 3.15. The summed E-state index contributed by atoms with van der Waals surface area (Å²) < 4.78 is 5.41. The minimum absolute atomic E-state index is 0.113. The quantitative estimate of drug-likeness (QED) is 0.631. The largest absolute Gasteiger partial charge is 0.484 e. The Bertz CT molecular complexity index is 764. The summed E-state index contributed by atoms with van der Waals surface area (Å²) in [6.45, 7) is 3.72. The molecular weight excluding hydrogens is 308 g/mol. The van der Waals surface area contributed by atoms with Crippen molar-refractivity contribution in [1.82, 2.24) is 5.43 Å². The standard InChI is InChI=1S/C18H18N2O4/c1-12-7-13(2)9-15(8-12)24-11-17(21)20-19-10-14-5-3-4-6-16(14)18(22)23/h3-10H,11H2,1-2H3,(H,20,21)(H,22,23). The number of carbonyl (C=O) groups is 2. The van der Waals surface area contributed by atoms with Crippen molar-refractivity contribution in [3.05, 3.63) is 64.7 Å². The lowest BCUT2D eigenvalue weighted by Crippen LogP contribution is -2.24. The first kappa shape index (κ1) is 17.2. The summed E-state index contributed by atoms with van der Waals surface area (Å²) >= 11 is 0. The van der Waals surface area contributed by atoms with Crippen molar-refractivity contribution in [1.29, 1.82) is 0 Å².